The van der Waals surface area contributed by atoms with Gasteiger partial charge in [0.05, 0.1) is 6.10 Å². The largest absolute Gasteiger partial charge is 0.393 e. The average Bonchev–Trinajstić information content (AvgIpc) is 2.40. The van der Waals surface area contributed by atoms with Crippen molar-refractivity contribution in [1.82, 2.24) is 5.32 Å². The highest BCUT2D eigenvalue weighted by molar-refractivity contribution is 5.76. The Labute approximate surface area is 116 Å². The number of rotatable bonds is 4. The molecule has 0 saturated heterocycles. The van der Waals surface area contributed by atoms with Gasteiger partial charge in [-0.05, 0) is 31.6 Å². The van der Waals surface area contributed by atoms with E-state index in [1.54, 1.807) is 0 Å². The van der Waals surface area contributed by atoms with E-state index in [9.17, 15) is 9.90 Å². The second-order valence-corrected chi connectivity index (χ2v) is 6.33. The van der Waals surface area contributed by atoms with Gasteiger partial charge in [0.15, 0.2) is 0 Å². The van der Waals surface area contributed by atoms with E-state index < -0.39 is 0 Å². The van der Waals surface area contributed by atoms with E-state index in [1.807, 2.05) is 0 Å². The van der Waals surface area contributed by atoms with Crippen LogP contribution in [-0.4, -0.2) is 29.7 Å². The van der Waals surface area contributed by atoms with Crippen molar-refractivity contribution >= 4 is 5.91 Å². The van der Waals surface area contributed by atoms with Gasteiger partial charge in [-0.2, -0.15) is 0 Å². The third-order valence-electron chi connectivity index (χ3n) is 4.85. The Morgan fingerprint density at radius 1 is 1.05 bits per heavy atom. The zero-order valence-corrected chi connectivity index (χ0v) is 11.8. The lowest BCUT2D eigenvalue weighted by Gasteiger charge is -2.29. The molecule has 0 radical (unpaired) electrons. The summed E-state index contributed by atoms with van der Waals surface area (Å²) in [5.41, 5.74) is 6.07. The molecule has 0 aliphatic heterocycles. The zero-order chi connectivity index (χ0) is 13.7. The summed E-state index contributed by atoms with van der Waals surface area (Å²) in [5, 5.41) is 12.9. The molecule has 0 heterocycles. The van der Waals surface area contributed by atoms with E-state index in [2.05, 4.69) is 5.32 Å². The van der Waals surface area contributed by atoms with Crippen LogP contribution in [0.25, 0.3) is 0 Å². The van der Waals surface area contributed by atoms with Crippen molar-refractivity contribution < 1.29 is 9.90 Å². The first-order chi connectivity index (χ1) is 9.16. The molecule has 1 amide bonds. The van der Waals surface area contributed by atoms with Crippen LogP contribution in [0.3, 0.4) is 0 Å². The number of hydrogen-bond donors (Lipinski definition) is 3. The van der Waals surface area contributed by atoms with Crippen molar-refractivity contribution in [1.29, 1.82) is 0 Å². The summed E-state index contributed by atoms with van der Waals surface area (Å²) in [6.45, 7) is 0.627. The molecule has 4 N–H and O–H groups in total. The molecule has 110 valence electrons. The molecule has 2 saturated carbocycles. The quantitative estimate of drug-likeness (QED) is 0.724. The molecule has 4 nitrogen and oxygen atoms in total. The fourth-order valence-corrected chi connectivity index (χ4v) is 3.47. The first-order valence-corrected chi connectivity index (χ1v) is 7.87. The van der Waals surface area contributed by atoms with E-state index in [0.29, 0.717) is 18.9 Å². The van der Waals surface area contributed by atoms with Gasteiger partial charge in [0, 0.05) is 24.9 Å². The lowest BCUT2D eigenvalue weighted by molar-refractivity contribution is -0.122. The molecular weight excluding hydrogens is 240 g/mol. The second-order valence-electron chi connectivity index (χ2n) is 6.33. The Balaban J connectivity index is 1.69. The first kappa shape index (κ1) is 14.8. The third-order valence-corrected chi connectivity index (χ3v) is 4.85. The summed E-state index contributed by atoms with van der Waals surface area (Å²) in [5.74, 6) is 0.711. The Morgan fingerprint density at radius 3 is 2.37 bits per heavy atom. The number of carbonyl (C=O) groups excluding carboxylic acids is 1. The van der Waals surface area contributed by atoms with Crippen molar-refractivity contribution in [3.63, 3.8) is 0 Å². The Morgan fingerprint density at radius 2 is 1.68 bits per heavy atom. The smallest absolute Gasteiger partial charge is 0.220 e. The molecule has 4 heteroatoms. The van der Waals surface area contributed by atoms with Crippen LogP contribution in [0.15, 0.2) is 0 Å². The summed E-state index contributed by atoms with van der Waals surface area (Å²) in [6, 6.07) is 0.194. The van der Waals surface area contributed by atoms with Crippen LogP contribution in [0.5, 0.6) is 0 Å². The van der Waals surface area contributed by atoms with Gasteiger partial charge >= 0.3 is 0 Å². The Hall–Kier alpha value is -0.610. The number of amides is 1. The molecule has 0 aromatic rings. The zero-order valence-electron chi connectivity index (χ0n) is 11.8. The van der Waals surface area contributed by atoms with Gasteiger partial charge in [0.1, 0.15) is 0 Å². The van der Waals surface area contributed by atoms with Gasteiger partial charge in [0.25, 0.3) is 0 Å². The standard InChI is InChI=1S/C15H28N2O2/c16-13-7-3-1-5-11(13)9-15(19)17-10-12-6-2-4-8-14(12)18/h11-14,18H,1-10,16H2,(H,17,19). The van der Waals surface area contributed by atoms with Crippen LogP contribution in [0, 0.1) is 11.8 Å². The summed E-state index contributed by atoms with van der Waals surface area (Å²) in [4.78, 5) is 12.0. The van der Waals surface area contributed by atoms with Crippen molar-refractivity contribution in [3.05, 3.63) is 0 Å². The van der Waals surface area contributed by atoms with Gasteiger partial charge in [-0.1, -0.05) is 25.7 Å². The monoisotopic (exact) mass is 268 g/mol. The van der Waals surface area contributed by atoms with Crippen LogP contribution in [0.4, 0.5) is 0 Å². The van der Waals surface area contributed by atoms with Gasteiger partial charge in [-0.3, -0.25) is 4.79 Å². The van der Waals surface area contributed by atoms with E-state index in [0.717, 1.165) is 32.1 Å². The number of aliphatic hydroxyl groups is 1. The minimum absolute atomic E-state index is 0.111. The number of aliphatic hydroxyl groups excluding tert-OH is 1. The van der Waals surface area contributed by atoms with E-state index >= 15 is 0 Å². The number of nitrogens with two attached hydrogens (primary N) is 1. The van der Waals surface area contributed by atoms with E-state index in [-0.39, 0.29) is 24.0 Å². The Kier molecular flexibility index (Phi) is 5.64. The maximum atomic E-state index is 12.0. The highest BCUT2D eigenvalue weighted by Gasteiger charge is 2.26. The topological polar surface area (TPSA) is 75.4 Å². The van der Waals surface area contributed by atoms with Gasteiger partial charge in [0.2, 0.25) is 5.91 Å². The average molecular weight is 268 g/mol. The minimum atomic E-state index is -0.231. The molecule has 19 heavy (non-hydrogen) atoms. The molecule has 2 aliphatic carbocycles. The molecule has 4 atom stereocenters. The SMILES string of the molecule is NC1CCCCC1CC(=O)NCC1CCCCC1O. The molecular formula is C15H28N2O2. The molecule has 2 aliphatic rings. The highest BCUT2D eigenvalue weighted by Crippen LogP contribution is 2.26. The predicted molar refractivity (Wildman–Crippen MR) is 75.5 cm³/mol. The van der Waals surface area contributed by atoms with Crippen molar-refractivity contribution in [2.45, 2.75) is 69.9 Å². The summed E-state index contributed by atoms with van der Waals surface area (Å²) >= 11 is 0. The van der Waals surface area contributed by atoms with Gasteiger partial charge < -0.3 is 16.2 Å². The molecule has 0 aromatic heterocycles. The number of nitrogens with one attached hydrogen (secondary N) is 1. The predicted octanol–water partition coefficient (Wildman–Crippen LogP) is 1.56. The van der Waals surface area contributed by atoms with Crippen LogP contribution >= 0.6 is 0 Å². The molecule has 0 spiro atoms. The maximum absolute atomic E-state index is 12.0. The van der Waals surface area contributed by atoms with E-state index in [4.69, 9.17) is 5.73 Å². The normalized spacial score (nSPS) is 35.9. The number of hydrogen-bond acceptors (Lipinski definition) is 3. The van der Waals surface area contributed by atoms with Gasteiger partial charge in [-0.15, -0.1) is 0 Å². The van der Waals surface area contributed by atoms with Crippen molar-refractivity contribution in [2.24, 2.45) is 17.6 Å². The molecule has 2 rings (SSSR count). The Bertz CT molecular complexity index is 296. The maximum Gasteiger partial charge on any atom is 0.220 e. The van der Waals surface area contributed by atoms with Crippen LogP contribution < -0.4 is 11.1 Å². The minimum Gasteiger partial charge on any atom is -0.393 e. The lowest BCUT2D eigenvalue weighted by Crippen LogP contribution is -2.40. The third kappa shape index (κ3) is 4.46. The van der Waals surface area contributed by atoms with E-state index in [1.165, 1.54) is 19.3 Å². The molecule has 4 unspecified atom stereocenters. The second kappa shape index (κ2) is 7.25. The van der Waals surface area contributed by atoms with Crippen molar-refractivity contribution in [3.8, 4) is 0 Å². The molecule has 0 aromatic carbocycles. The highest BCUT2D eigenvalue weighted by atomic mass is 16.3. The molecule has 0 bridgehead atoms. The van der Waals surface area contributed by atoms with Crippen molar-refractivity contribution in [2.75, 3.05) is 6.54 Å². The van der Waals surface area contributed by atoms with Crippen LogP contribution in [0.1, 0.15) is 57.8 Å². The summed E-state index contributed by atoms with van der Waals surface area (Å²) < 4.78 is 0. The first-order valence-electron chi connectivity index (χ1n) is 7.87. The summed E-state index contributed by atoms with van der Waals surface area (Å²) in [6.07, 6.45) is 9.07. The fourth-order valence-electron chi connectivity index (χ4n) is 3.47. The summed E-state index contributed by atoms with van der Waals surface area (Å²) in [7, 11) is 0. The fraction of sp³-hybridized carbons (Fsp3) is 0.933. The number of carbonyl (C=O) groups is 1. The van der Waals surface area contributed by atoms with Crippen LogP contribution in [0.2, 0.25) is 0 Å². The molecule has 2 fully saturated rings. The lowest BCUT2D eigenvalue weighted by atomic mass is 9.82. The van der Waals surface area contributed by atoms with Crippen LogP contribution in [-0.2, 0) is 4.79 Å². The van der Waals surface area contributed by atoms with Gasteiger partial charge in [-0.25, -0.2) is 0 Å².